The number of allylic oxidation sites excluding steroid dienone is 1. The maximum Gasteiger partial charge on any atom is 0.127 e. The Labute approximate surface area is 158 Å². The first-order chi connectivity index (χ1) is 13.2. The van der Waals surface area contributed by atoms with Gasteiger partial charge in [-0.25, -0.2) is 4.39 Å². The van der Waals surface area contributed by atoms with Crippen LogP contribution in [0.2, 0.25) is 0 Å². The van der Waals surface area contributed by atoms with Crippen LogP contribution in [-0.2, 0) is 11.8 Å². The first-order valence-electron chi connectivity index (χ1n) is 8.92. The number of benzene rings is 3. The van der Waals surface area contributed by atoms with E-state index in [2.05, 4.69) is 12.1 Å². The molecule has 0 amide bonds. The van der Waals surface area contributed by atoms with Crippen molar-refractivity contribution in [2.75, 3.05) is 14.2 Å². The normalized spacial score (nSPS) is 18.0. The van der Waals surface area contributed by atoms with Crippen molar-refractivity contribution in [3.63, 3.8) is 0 Å². The van der Waals surface area contributed by atoms with Crippen LogP contribution in [0.25, 0.3) is 6.08 Å². The summed E-state index contributed by atoms with van der Waals surface area (Å²) in [6.07, 6.45) is 4.80. The molecule has 3 aromatic carbocycles. The molecule has 1 aliphatic rings. The lowest BCUT2D eigenvalue weighted by atomic mass is 9.67. The Hall–Kier alpha value is -3.07. The highest BCUT2D eigenvalue weighted by molar-refractivity contribution is 5.68. The zero-order valence-corrected chi connectivity index (χ0v) is 15.4. The molecular formula is C24H21FO2. The summed E-state index contributed by atoms with van der Waals surface area (Å²) in [5.41, 5.74) is 3.30. The van der Waals surface area contributed by atoms with Crippen molar-refractivity contribution in [1.82, 2.24) is 0 Å². The van der Waals surface area contributed by atoms with E-state index in [1.165, 1.54) is 6.07 Å². The van der Waals surface area contributed by atoms with Crippen LogP contribution in [0, 0.1) is 5.82 Å². The van der Waals surface area contributed by atoms with E-state index in [0.29, 0.717) is 12.0 Å². The summed E-state index contributed by atoms with van der Waals surface area (Å²) in [6.45, 7) is 0. The lowest BCUT2D eigenvalue weighted by Crippen LogP contribution is -2.31. The van der Waals surface area contributed by atoms with Gasteiger partial charge >= 0.3 is 0 Å². The monoisotopic (exact) mass is 360 g/mol. The molecule has 3 heteroatoms. The molecule has 2 nitrogen and oxygen atoms in total. The third kappa shape index (κ3) is 2.89. The Morgan fingerprint density at radius 3 is 2.33 bits per heavy atom. The Kier molecular flexibility index (Phi) is 4.44. The molecule has 0 saturated heterocycles. The van der Waals surface area contributed by atoms with E-state index in [0.717, 1.165) is 28.2 Å². The zero-order chi connectivity index (χ0) is 18.9. The van der Waals surface area contributed by atoms with E-state index in [4.69, 9.17) is 9.47 Å². The average Bonchev–Trinajstić information content (AvgIpc) is 2.73. The second-order valence-electron chi connectivity index (χ2n) is 6.72. The van der Waals surface area contributed by atoms with Crippen molar-refractivity contribution < 1.29 is 13.9 Å². The van der Waals surface area contributed by atoms with Crippen LogP contribution in [0.5, 0.6) is 11.5 Å². The summed E-state index contributed by atoms with van der Waals surface area (Å²) >= 11 is 0. The molecule has 136 valence electrons. The van der Waals surface area contributed by atoms with Crippen LogP contribution < -0.4 is 9.47 Å². The Balaban J connectivity index is 1.92. The minimum absolute atomic E-state index is 0.204. The van der Waals surface area contributed by atoms with E-state index in [-0.39, 0.29) is 5.82 Å². The highest BCUT2D eigenvalue weighted by Gasteiger charge is 2.37. The van der Waals surface area contributed by atoms with Crippen LogP contribution in [-0.4, -0.2) is 14.2 Å². The number of fused-ring (bicyclic) bond motifs is 1. The maximum absolute atomic E-state index is 14.9. The van der Waals surface area contributed by atoms with Gasteiger partial charge in [-0.15, -0.1) is 0 Å². The van der Waals surface area contributed by atoms with Gasteiger partial charge in [0.05, 0.1) is 14.2 Å². The van der Waals surface area contributed by atoms with E-state index < -0.39 is 5.41 Å². The summed E-state index contributed by atoms with van der Waals surface area (Å²) in [5.74, 6) is 1.41. The van der Waals surface area contributed by atoms with Gasteiger partial charge in [-0.05, 0) is 41.8 Å². The molecule has 0 radical (unpaired) electrons. The summed E-state index contributed by atoms with van der Waals surface area (Å²) in [7, 11) is 3.32. The van der Waals surface area contributed by atoms with Crippen LogP contribution in [0.4, 0.5) is 4.39 Å². The predicted octanol–water partition coefficient (Wildman–Crippen LogP) is 5.40. The second kappa shape index (κ2) is 6.92. The van der Waals surface area contributed by atoms with Crippen LogP contribution in [0.1, 0.15) is 22.3 Å². The topological polar surface area (TPSA) is 18.5 Å². The molecule has 0 spiro atoms. The molecule has 0 heterocycles. The molecule has 3 aromatic rings. The molecule has 0 aromatic heterocycles. The van der Waals surface area contributed by atoms with Gasteiger partial charge < -0.3 is 9.47 Å². The molecule has 4 rings (SSSR count). The summed E-state index contributed by atoms with van der Waals surface area (Å²) < 4.78 is 25.7. The number of ether oxygens (including phenoxy) is 2. The van der Waals surface area contributed by atoms with Crippen molar-refractivity contribution in [1.29, 1.82) is 0 Å². The second-order valence-corrected chi connectivity index (χ2v) is 6.72. The minimum Gasteiger partial charge on any atom is -0.497 e. The van der Waals surface area contributed by atoms with Gasteiger partial charge in [-0.1, -0.05) is 54.6 Å². The minimum atomic E-state index is -0.586. The lowest BCUT2D eigenvalue weighted by Gasteiger charge is -2.36. The molecule has 1 aliphatic carbocycles. The Bertz CT molecular complexity index is 992. The van der Waals surface area contributed by atoms with E-state index in [9.17, 15) is 4.39 Å². The third-order valence-corrected chi connectivity index (χ3v) is 5.34. The molecule has 27 heavy (non-hydrogen) atoms. The lowest BCUT2D eigenvalue weighted by molar-refractivity contribution is 0.412. The predicted molar refractivity (Wildman–Crippen MR) is 106 cm³/mol. The number of rotatable bonds is 4. The van der Waals surface area contributed by atoms with Crippen LogP contribution in [0.15, 0.2) is 72.8 Å². The zero-order valence-electron chi connectivity index (χ0n) is 15.4. The number of hydrogen-bond acceptors (Lipinski definition) is 2. The van der Waals surface area contributed by atoms with Gasteiger partial charge in [0.25, 0.3) is 0 Å². The van der Waals surface area contributed by atoms with Gasteiger partial charge in [0.15, 0.2) is 0 Å². The van der Waals surface area contributed by atoms with E-state index >= 15 is 0 Å². The van der Waals surface area contributed by atoms with E-state index in [1.807, 2.05) is 54.6 Å². The standard InChI is InChI=1S/C24H21FO2/c1-26-19-12-10-18(11-13-19)24(21-7-3-4-8-22(21)25)15-14-20-17(16-24)6-5-9-23(20)27-2/h3-15H,16H2,1-2H3. The third-order valence-electron chi connectivity index (χ3n) is 5.34. The fourth-order valence-corrected chi connectivity index (χ4v) is 3.95. The van der Waals surface area contributed by atoms with Gasteiger partial charge in [-0.2, -0.15) is 0 Å². The maximum atomic E-state index is 14.9. The number of halogens is 1. The average molecular weight is 360 g/mol. The summed E-state index contributed by atoms with van der Waals surface area (Å²) in [4.78, 5) is 0. The number of hydrogen-bond donors (Lipinski definition) is 0. The first-order valence-corrected chi connectivity index (χ1v) is 8.92. The highest BCUT2D eigenvalue weighted by atomic mass is 19.1. The Morgan fingerprint density at radius 1 is 0.852 bits per heavy atom. The summed E-state index contributed by atoms with van der Waals surface area (Å²) in [5, 5.41) is 0. The smallest absolute Gasteiger partial charge is 0.127 e. The van der Waals surface area contributed by atoms with Crippen molar-refractivity contribution in [2.24, 2.45) is 0 Å². The quantitative estimate of drug-likeness (QED) is 0.620. The first kappa shape index (κ1) is 17.3. The summed E-state index contributed by atoms with van der Waals surface area (Å²) in [6, 6.07) is 20.9. The van der Waals surface area contributed by atoms with Crippen LogP contribution in [0.3, 0.4) is 0 Å². The molecule has 0 fully saturated rings. The fraction of sp³-hybridized carbons (Fsp3) is 0.167. The largest absolute Gasteiger partial charge is 0.497 e. The van der Waals surface area contributed by atoms with Crippen molar-refractivity contribution in [3.05, 3.63) is 101 Å². The molecule has 0 aliphatic heterocycles. The van der Waals surface area contributed by atoms with Gasteiger partial charge in [0.1, 0.15) is 17.3 Å². The van der Waals surface area contributed by atoms with Crippen molar-refractivity contribution in [2.45, 2.75) is 11.8 Å². The molecule has 1 atom stereocenters. The number of methoxy groups -OCH3 is 2. The molecule has 0 saturated carbocycles. The van der Waals surface area contributed by atoms with Crippen LogP contribution >= 0.6 is 0 Å². The Morgan fingerprint density at radius 2 is 1.63 bits per heavy atom. The van der Waals surface area contributed by atoms with Gasteiger partial charge in [0.2, 0.25) is 0 Å². The van der Waals surface area contributed by atoms with E-state index in [1.54, 1.807) is 20.3 Å². The molecular weight excluding hydrogens is 339 g/mol. The van der Waals surface area contributed by atoms with Gasteiger partial charge in [-0.3, -0.25) is 0 Å². The molecule has 0 bridgehead atoms. The van der Waals surface area contributed by atoms with Crippen molar-refractivity contribution >= 4 is 6.08 Å². The highest BCUT2D eigenvalue weighted by Crippen LogP contribution is 2.44. The molecule has 0 N–H and O–H groups in total. The van der Waals surface area contributed by atoms with Gasteiger partial charge in [0, 0.05) is 16.5 Å². The SMILES string of the molecule is COc1ccc(C2(c3ccccc3F)C=Cc3c(cccc3OC)C2)cc1. The van der Waals surface area contributed by atoms with Crippen molar-refractivity contribution in [3.8, 4) is 11.5 Å². The molecule has 1 unspecified atom stereocenters. The fourth-order valence-electron chi connectivity index (χ4n) is 3.95.